The van der Waals surface area contributed by atoms with Crippen LogP contribution in [0.4, 0.5) is 13.2 Å². The Morgan fingerprint density at radius 1 is 1.39 bits per heavy atom. The average molecular weight is 260 g/mol. The highest BCUT2D eigenvalue weighted by molar-refractivity contribution is 5.20. The lowest BCUT2D eigenvalue weighted by Gasteiger charge is -2.29. The molecule has 0 amide bonds. The van der Waals surface area contributed by atoms with Gasteiger partial charge in [0.05, 0.1) is 5.56 Å². The molecule has 0 bridgehead atoms. The first kappa shape index (κ1) is 13.1. The van der Waals surface area contributed by atoms with Crippen LogP contribution in [0.15, 0.2) is 18.3 Å². The smallest absolute Gasteiger partial charge is 0.417 e. The first-order valence-corrected chi connectivity index (χ1v) is 5.87. The zero-order valence-electron chi connectivity index (χ0n) is 10.00. The van der Waals surface area contributed by atoms with Gasteiger partial charge in [-0.1, -0.05) is 6.92 Å². The SMILES string of the molecule is CC1CCNCC1Oc1ccc(C(F)(F)F)cn1. The van der Waals surface area contributed by atoms with Crippen molar-refractivity contribution in [1.29, 1.82) is 0 Å². The van der Waals surface area contributed by atoms with Crippen molar-refractivity contribution in [3.05, 3.63) is 23.9 Å². The number of halogens is 3. The minimum Gasteiger partial charge on any atom is -0.473 e. The number of hydrogen-bond donors (Lipinski definition) is 1. The summed E-state index contributed by atoms with van der Waals surface area (Å²) in [6, 6.07) is 2.26. The van der Waals surface area contributed by atoms with Gasteiger partial charge in [-0.15, -0.1) is 0 Å². The van der Waals surface area contributed by atoms with Crippen LogP contribution in [0.25, 0.3) is 0 Å². The summed E-state index contributed by atoms with van der Waals surface area (Å²) in [5.74, 6) is 0.610. The first-order chi connectivity index (χ1) is 8.47. The third-order valence-corrected chi connectivity index (χ3v) is 3.09. The largest absolute Gasteiger partial charge is 0.473 e. The molecular weight excluding hydrogens is 245 g/mol. The summed E-state index contributed by atoms with van der Waals surface area (Å²) in [4.78, 5) is 3.70. The van der Waals surface area contributed by atoms with E-state index in [1.165, 1.54) is 6.07 Å². The van der Waals surface area contributed by atoms with Crippen LogP contribution in [-0.2, 0) is 6.18 Å². The van der Waals surface area contributed by atoms with Crippen LogP contribution >= 0.6 is 0 Å². The summed E-state index contributed by atoms with van der Waals surface area (Å²) in [5.41, 5.74) is -0.760. The second-order valence-corrected chi connectivity index (χ2v) is 4.51. The van der Waals surface area contributed by atoms with Gasteiger partial charge < -0.3 is 10.1 Å². The van der Waals surface area contributed by atoms with E-state index in [1.807, 2.05) is 0 Å². The molecule has 2 atom stereocenters. The van der Waals surface area contributed by atoms with E-state index in [0.717, 1.165) is 25.2 Å². The van der Waals surface area contributed by atoms with Crippen LogP contribution in [0, 0.1) is 5.92 Å². The Kier molecular flexibility index (Phi) is 3.75. The molecule has 0 spiro atoms. The molecule has 0 saturated carbocycles. The number of piperidine rings is 1. The van der Waals surface area contributed by atoms with Crippen molar-refractivity contribution in [2.75, 3.05) is 13.1 Å². The van der Waals surface area contributed by atoms with Crippen molar-refractivity contribution in [3.63, 3.8) is 0 Å². The molecule has 1 N–H and O–H groups in total. The summed E-state index contributed by atoms with van der Waals surface area (Å²) in [6.07, 6.45) is -2.60. The molecule has 2 heterocycles. The van der Waals surface area contributed by atoms with Crippen molar-refractivity contribution in [2.45, 2.75) is 25.6 Å². The Balaban J connectivity index is 2.02. The van der Waals surface area contributed by atoms with E-state index in [0.29, 0.717) is 12.5 Å². The lowest BCUT2D eigenvalue weighted by Crippen LogP contribution is -2.42. The minimum absolute atomic E-state index is 0.0389. The molecule has 2 rings (SSSR count). The van der Waals surface area contributed by atoms with Crippen LogP contribution in [0.3, 0.4) is 0 Å². The van der Waals surface area contributed by atoms with Gasteiger partial charge in [-0.2, -0.15) is 13.2 Å². The second-order valence-electron chi connectivity index (χ2n) is 4.51. The second kappa shape index (κ2) is 5.14. The maximum absolute atomic E-state index is 12.3. The van der Waals surface area contributed by atoms with Crippen LogP contribution in [0.2, 0.25) is 0 Å². The van der Waals surface area contributed by atoms with Crippen LogP contribution in [-0.4, -0.2) is 24.2 Å². The molecule has 3 nitrogen and oxygen atoms in total. The van der Waals surface area contributed by atoms with Crippen molar-refractivity contribution < 1.29 is 17.9 Å². The van der Waals surface area contributed by atoms with Gasteiger partial charge in [0.25, 0.3) is 0 Å². The lowest BCUT2D eigenvalue weighted by atomic mass is 9.97. The Morgan fingerprint density at radius 2 is 2.17 bits per heavy atom. The maximum Gasteiger partial charge on any atom is 0.417 e. The molecule has 1 aromatic heterocycles. The van der Waals surface area contributed by atoms with E-state index in [-0.39, 0.29) is 12.0 Å². The van der Waals surface area contributed by atoms with E-state index < -0.39 is 11.7 Å². The number of nitrogens with one attached hydrogen (secondary N) is 1. The standard InChI is InChI=1S/C12H15F3N2O/c1-8-4-5-16-7-10(8)18-11-3-2-9(6-17-11)12(13,14)15/h2-3,6,8,10,16H,4-5,7H2,1H3. The molecular formula is C12H15F3N2O. The zero-order valence-corrected chi connectivity index (χ0v) is 10.00. The molecule has 1 fully saturated rings. The highest BCUT2D eigenvalue weighted by Gasteiger charge is 2.31. The molecule has 2 unspecified atom stereocenters. The monoisotopic (exact) mass is 260 g/mol. The number of nitrogens with zero attached hydrogens (tertiary/aromatic N) is 1. The van der Waals surface area contributed by atoms with Gasteiger partial charge in [0.15, 0.2) is 0 Å². The topological polar surface area (TPSA) is 34.1 Å². The van der Waals surface area contributed by atoms with Crippen molar-refractivity contribution in [1.82, 2.24) is 10.3 Å². The fourth-order valence-electron chi connectivity index (χ4n) is 1.89. The summed E-state index contributed by atoms with van der Waals surface area (Å²) in [7, 11) is 0. The Morgan fingerprint density at radius 3 is 2.72 bits per heavy atom. The lowest BCUT2D eigenvalue weighted by molar-refractivity contribution is -0.137. The number of aromatic nitrogens is 1. The Labute approximate surface area is 103 Å². The Bertz CT molecular complexity index is 391. The third-order valence-electron chi connectivity index (χ3n) is 3.09. The number of hydrogen-bond acceptors (Lipinski definition) is 3. The molecule has 100 valence electrons. The van der Waals surface area contributed by atoms with Gasteiger partial charge in [-0.05, 0) is 24.9 Å². The molecule has 1 saturated heterocycles. The fourth-order valence-corrected chi connectivity index (χ4v) is 1.89. The van der Waals surface area contributed by atoms with Crippen LogP contribution in [0.1, 0.15) is 18.9 Å². The predicted octanol–water partition coefficient (Wildman–Crippen LogP) is 2.48. The van der Waals surface area contributed by atoms with Gasteiger partial charge in [0.2, 0.25) is 5.88 Å². The summed E-state index contributed by atoms with van der Waals surface area (Å²) >= 11 is 0. The van der Waals surface area contributed by atoms with E-state index >= 15 is 0 Å². The number of ether oxygens (including phenoxy) is 1. The Hall–Kier alpha value is -1.30. The average Bonchev–Trinajstić information content (AvgIpc) is 2.32. The van der Waals surface area contributed by atoms with Crippen LogP contribution in [0.5, 0.6) is 5.88 Å². The summed E-state index contributed by atoms with van der Waals surface area (Å²) in [6.45, 7) is 3.71. The highest BCUT2D eigenvalue weighted by Crippen LogP contribution is 2.29. The first-order valence-electron chi connectivity index (χ1n) is 5.87. The van der Waals surface area contributed by atoms with E-state index in [9.17, 15) is 13.2 Å². The van der Waals surface area contributed by atoms with Crippen LogP contribution < -0.4 is 10.1 Å². The van der Waals surface area contributed by atoms with Crippen molar-refractivity contribution in [2.24, 2.45) is 5.92 Å². The quantitative estimate of drug-likeness (QED) is 0.887. The molecule has 1 aliphatic rings. The fraction of sp³-hybridized carbons (Fsp3) is 0.583. The van der Waals surface area contributed by atoms with Gasteiger partial charge in [0.1, 0.15) is 6.10 Å². The predicted molar refractivity (Wildman–Crippen MR) is 60.3 cm³/mol. The van der Waals surface area contributed by atoms with Crippen molar-refractivity contribution >= 4 is 0 Å². The van der Waals surface area contributed by atoms with Crippen molar-refractivity contribution in [3.8, 4) is 5.88 Å². The summed E-state index contributed by atoms with van der Waals surface area (Å²) < 4.78 is 42.6. The molecule has 1 aliphatic heterocycles. The molecule has 0 radical (unpaired) electrons. The molecule has 0 aromatic carbocycles. The molecule has 6 heteroatoms. The molecule has 18 heavy (non-hydrogen) atoms. The molecule has 0 aliphatic carbocycles. The van der Waals surface area contributed by atoms with E-state index in [1.54, 1.807) is 0 Å². The highest BCUT2D eigenvalue weighted by atomic mass is 19.4. The maximum atomic E-state index is 12.3. The van der Waals surface area contributed by atoms with E-state index in [4.69, 9.17) is 4.74 Å². The van der Waals surface area contributed by atoms with Gasteiger partial charge >= 0.3 is 6.18 Å². The summed E-state index contributed by atoms with van der Waals surface area (Å²) in [5, 5.41) is 3.19. The number of alkyl halides is 3. The number of pyridine rings is 1. The van der Waals surface area contributed by atoms with Gasteiger partial charge in [-0.25, -0.2) is 4.98 Å². The molecule has 1 aromatic rings. The number of rotatable bonds is 2. The third kappa shape index (κ3) is 3.13. The van der Waals surface area contributed by atoms with E-state index in [2.05, 4.69) is 17.2 Å². The zero-order chi connectivity index (χ0) is 13.2. The normalized spacial score (nSPS) is 24.9. The minimum atomic E-state index is -4.36. The van der Waals surface area contributed by atoms with Gasteiger partial charge in [-0.3, -0.25) is 0 Å². The van der Waals surface area contributed by atoms with Gasteiger partial charge in [0, 0.05) is 18.8 Å².